The van der Waals surface area contributed by atoms with E-state index in [1.165, 1.54) is 0 Å². The van der Waals surface area contributed by atoms with Crippen LogP contribution in [0, 0.1) is 0 Å². The standard InChI is InChI=1S/C19H16BrF2N3O/c20-13-4-1-3-12(10-13)19(7-2-8-19)25-18(26)11-5-6-14-15(9-11)24-17(23-14)16(21)22/h1,3-6,9-10,16H,2,7-8H2,(H,23,24)(H,25,26). The average Bonchev–Trinajstić information content (AvgIpc) is 3.01. The number of aromatic amines is 1. The molecule has 0 saturated heterocycles. The van der Waals surface area contributed by atoms with Gasteiger partial charge in [-0.05, 0) is 55.2 Å². The molecule has 1 fully saturated rings. The fraction of sp³-hybridized carbons (Fsp3) is 0.263. The van der Waals surface area contributed by atoms with Crippen LogP contribution in [0.25, 0.3) is 11.0 Å². The average molecular weight is 420 g/mol. The van der Waals surface area contributed by atoms with Gasteiger partial charge in [0.05, 0.1) is 16.6 Å². The number of carbonyl (C=O) groups is 1. The summed E-state index contributed by atoms with van der Waals surface area (Å²) in [6.07, 6.45) is 0.118. The molecule has 0 unspecified atom stereocenters. The Morgan fingerprint density at radius 1 is 1.23 bits per heavy atom. The second-order valence-corrected chi connectivity index (χ2v) is 7.47. The van der Waals surface area contributed by atoms with E-state index < -0.39 is 6.43 Å². The monoisotopic (exact) mass is 419 g/mol. The number of aromatic nitrogens is 2. The van der Waals surface area contributed by atoms with Crippen LogP contribution < -0.4 is 5.32 Å². The molecule has 2 N–H and O–H groups in total. The normalized spacial score (nSPS) is 15.8. The number of H-pyrrole nitrogens is 1. The minimum absolute atomic E-state index is 0.222. The molecule has 134 valence electrons. The summed E-state index contributed by atoms with van der Waals surface area (Å²) in [6.45, 7) is 0. The van der Waals surface area contributed by atoms with E-state index in [1.54, 1.807) is 18.2 Å². The molecule has 0 atom stereocenters. The smallest absolute Gasteiger partial charge is 0.295 e. The molecule has 26 heavy (non-hydrogen) atoms. The first-order valence-electron chi connectivity index (χ1n) is 8.33. The third-order valence-corrected chi connectivity index (χ3v) is 5.40. The van der Waals surface area contributed by atoms with Gasteiger partial charge in [-0.1, -0.05) is 28.1 Å². The molecule has 4 rings (SSSR count). The second-order valence-electron chi connectivity index (χ2n) is 6.55. The van der Waals surface area contributed by atoms with Crippen molar-refractivity contribution in [2.75, 3.05) is 0 Å². The first kappa shape index (κ1) is 17.1. The van der Waals surface area contributed by atoms with E-state index >= 15 is 0 Å². The molecule has 1 aliphatic rings. The summed E-state index contributed by atoms with van der Waals surface area (Å²) in [6, 6.07) is 12.7. The molecule has 4 nitrogen and oxygen atoms in total. The van der Waals surface area contributed by atoms with E-state index in [-0.39, 0.29) is 17.3 Å². The maximum Gasteiger partial charge on any atom is 0.295 e. The van der Waals surface area contributed by atoms with E-state index in [1.807, 2.05) is 24.3 Å². The van der Waals surface area contributed by atoms with Crippen molar-refractivity contribution < 1.29 is 13.6 Å². The van der Waals surface area contributed by atoms with E-state index in [4.69, 9.17) is 0 Å². The molecule has 1 aromatic heterocycles. The van der Waals surface area contributed by atoms with Gasteiger partial charge in [0.1, 0.15) is 0 Å². The van der Waals surface area contributed by atoms with Crippen molar-refractivity contribution in [1.29, 1.82) is 0 Å². The number of nitrogens with one attached hydrogen (secondary N) is 2. The van der Waals surface area contributed by atoms with Crippen LogP contribution in [0.4, 0.5) is 8.78 Å². The van der Waals surface area contributed by atoms with E-state index in [2.05, 4.69) is 31.2 Å². The number of carbonyl (C=O) groups excluding carboxylic acids is 1. The van der Waals surface area contributed by atoms with Gasteiger partial charge in [-0.2, -0.15) is 0 Å². The van der Waals surface area contributed by atoms with Gasteiger partial charge in [-0.3, -0.25) is 4.79 Å². The van der Waals surface area contributed by atoms with E-state index in [9.17, 15) is 13.6 Å². The van der Waals surface area contributed by atoms with Gasteiger partial charge in [0, 0.05) is 10.0 Å². The van der Waals surface area contributed by atoms with Gasteiger partial charge in [0.2, 0.25) is 0 Å². The maximum absolute atomic E-state index is 12.8. The summed E-state index contributed by atoms with van der Waals surface area (Å²) < 4.78 is 26.5. The first-order valence-corrected chi connectivity index (χ1v) is 9.12. The Balaban J connectivity index is 1.62. The van der Waals surface area contributed by atoms with E-state index in [0.717, 1.165) is 29.3 Å². The number of amides is 1. The Bertz CT molecular complexity index is 982. The number of halogens is 3. The molecule has 1 amide bonds. The highest BCUT2D eigenvalue weighted by Gasteiger charge is 2.40. The third-order valence-electron chi connectivity index (χ3n) is 4.91. The topological polar surface area (TPSA) is 57.8 Å². The van der Waals surface area contributed by atoms with Gasteiger partial charge in [-0.15, -0.1) is 0 Å². The number of nitrogens with zero attached hydrogens (tertiary/aromatic N) is 1. The number of rotatable bonds is 4. The van der Waals surface area contributed by atoms with Crippen molar-refractivity contribution in [1.82, 2.24) is 15.3 Å². The van der Waals surface area contributed by atoms with Crippen molar-refractivity contribution in [2.45, 2.75) is 31.2 Å². The lowest BCUT2D eigenvalue weighted by molar-refractivity contribution is 0.0823. The number of benzene rings is 2. The van der Waals surface area contributed by atoms with Crippen molar-refractivity contribution in [2.24, 2.45) is 0 Å². The zero-order chi connectivity index (χ0) is 18.3. The summed E-state index contributed by atoms with van der Waals surface area (Å²) >= 11 is 3.48. The second kappa shape index (κ2) is 6.46. The van der Waals surface area contributed by atoms with Crippen molar-refractivity contribution >= 4 is 32.9 Å². The number of alkyl halides is 2. The van der Waals surface area contributed by atoms with Crippen LogP contribution in [0.5, 0.6) is 0 Å². The molecule has 1 saturated carbocycles. The highest BCUT2D eigenvalue weighted by molar-refractivity contribution is 9.10. The van der Waals surface area contributed by atoms with Gasteiger partial charge in [0.15, 0.2) is 5.82 Å². The number of fused-ring (bicyclic) bond motifs is 1. The molecule has 0 radical (unpaired) electrons. The molecular formula is C19H16BrF2N3O. The fourth-order valence-corrected chi connectivity index (χ4v) is 3.76. The molecule has 3 aromatic rings. The molecular weight excluding hydrogens is 404 g/mol. The number of imidazole rings is 1. The third kappa shape index (κ3) is 3.00. The van der Waals surface area contributed by atoms with Crippen LogP contribution in [-0.4, -0.2) is 15.9 Å². The Hall–Kier alpha value is -2.28. The minimum Gasteiger partial charge on any atom is -0.343 e. The Labute approximate surface area is 157 Å². The SMILES string of the molecule is O=C(NC1(c2cccc(Br)c2)CCC1)c1ccc2nc(C(F)F)[nH]c2c1. The molecule has 0 bridgehead atoms. The fourth-order valence-electron chi connectivity index (χ4n) is 3.37. The Morgan fingerprint density at radius 3 is 2.69 bits per heavy atom. The summed E-state index contributed by atoms with van der Waals surface area (Å²) in [5.41, 5.74) is 1.95. The number of hydrogen-bond donors (Lipinski definition) is 2. The quantitative estimate of drug-likeness (QED) is 0.619. The molecule has 1 aliphatic carbocycles. The van der Waals surface area contributed by atoms with Crippen molar-refractivity contribution in [3.63, 3.8) is 0 Å². The van der Waals surface area contributed by atoms with E-state index in [0.29, 0.717) is 16.6 Å². The predicted octanol–water partition coefficient (Wildman–Crippen LogP) is 5.07. The molecule has 0 spiro atoms. The predicted molar refractivity (Wildman–Crippen MR) is 98.2 cm³/mol. The first-order chi connectivity index (χ1) is 12.5. The maximum atomic E-state index is 12.8. The Kier molecular flexibility index (Phi) is 4.26. The zero-order valence-corrected chi connectivity index (χ0v) is 15.3. The van der Waals surface area contributed by atoms with Crippen LogP contribution >= 0.6 is 15.9 Å². The van der Waals surface area contributed by atoms with Gasteiger partial charge in [-0.25, -0.2) is 13.8 Å². The van der Waals surface area contributed by atoms with Gasteiger partial charge in [0.25, 0.3) is 12.3 Å². The van der Waals surface area contributed by atoms with Crippen LogP contribution in [-0.2, 0) is 5.54 Å². The summed E-state index contributed by atoms with van der Waals surface area (Å²) in [5, 5.41) is 3.14. The zero-order valence-electron chi connectivity index (χ0n) is 13.7. The summed E-state index contributed by atoms with van der Waals surface area (Å²) in [4.78, 5) is 19.2. The lowest BCUT2D eigenvalue weighted by Gasteiger charge is -2.43. The Morgan fingerprint density at radius 2 is 2.04 bits per heavy atom. The number of hydrogen-bond acceptors (Lipinski definition) is 2. The van der Waals surface area contributed by atoms with Gasteiger partial charge < -0.3 is 10.3 Å². The van der Waals surface area contributed by atoms with Crippen LogP contribution in [0.2, 0.25) is 0 Å². The molecule has 1 heterocycles. The highest BCUT2D eigenvalue weighted by Crippen LogP contribution is 2.42. The molecule has 7 heteroatoms. The largest absolute Gasteiger partial charge is 0.343 e. The van der Waals surface area contributed by atoms with Crippen LogP contribution in [0.1, 0.15) is 47.4 Å². The van der Waals surface area contributed by atoms with Gasteiger partial charge >= 0.3 is 0 Å². The van der Waals surface area contributed by atoms with Crippen molar-refractivity contribution in [3.05, 3.63) is 63.9 Å². The lowest BCUT2D eigenvalue weighted by atomic mass is 9.71. The minimum atomic E-state index is -2.67. The lowest BCUT2D eigenvalue weighted by Crippen LogP contribution is -2.50. The molecule has 2 aromatic carbocycles. The highest BCUT2D eigenvalue weighted by atomic mass is 79.9. The van der Waals surface area contributed by atoms with Crippen LogP contribution in [0.3, 0.4) is 0 Å². The van der Waals surface area contributed by atoms with Crippen molar-refractivity contribution in [3.8, 4) is 0 Å². The molecule has 0 aliphatic heterocycles. The summed E-state index contributed by atoms with van der Waals surface area (Å²) in [7, 11) is 0. The van der Waals surface area contributed by atoms with Crippen LogP contribution in [0.15, 0.2) is 46.9 Å². The summed E-state index contributed by atoms with van der Waals surface area (Å²) in [5.74, 6) is -0.609.